The largest absolute Gasteiger partial charge is 0.328 e. The van der Waals surface area contributed by atoms with Crippen molar-refractivity contribution in [3.8, 4) is 6.07 Å². The van der Waals surface area contributed by atoms with E-state index in [0.29, 0.717) is 17.1 Å². The first kappa shape index (κ1) is 23.1. The van der Waals surface area contributed by atoms with Gasteiger partial charge in [-0.15, -0.1) is 0 Å². The topological polar surface area (TPSA) is 95.2 Å². The summed E-state index contributed by atoms with van der Waals surface area (Å²) in [7, 11) is -2.38. The third-order valence-corrected chi connectivity index (χ3v) is 6.85. The number of nitriles is 1. The first-order valence-electron chi connectivity index (χ1n) is 10.0. The summed E-state index contributed by atoms with van der Waals surface area (Å²) in [5, 5.41) is 12.0. The number of anilines is 2. The van der Waals surface area contributed by atoms with Crippen LogP contribution in [-0.4, -0.2) is 25.9 Å². The molecule has 0 saturated heterocycles. The first-order chi connectivity index (χ1) is 14.9. The minimum absolute atomic E-state index is 0.0112. The molecule has 3 rings (SSSR count). The van der Waals surface area contributed by atoms with Crippen molar-refractivity contribution in [1.29, 1.82) is 5.26 Å². The molecule has 0 unspecified atom stereocenters. The van der Waals surface area contributed by atoms with Crippen molar-refractivity contribution in [2.24, 2.45) is 0 Å². The maximum absolute atomic E-state index is 13.1. The van der Waals surface area contributed by atoms with Gasteiger partial charge in [0.1, 0.15) is 11.9 Å². The van der Waals surface area contributed by atoms with E-state index in [0.717, 1.165) is 5.56 Å². The van der Waals surface area contributed by atoms with Crippen molar-refractivity contribution in [3.63, 3.8) is 0 Å². The van der Waals surface area contributed by atoms with E-state index in [2.05, 4.69) is 11.4 Å². The molecule has 2 aromatic carbocycles. The van der Waals surface area contributed by atoms with Gasteiger partial charge in [0.2, 0.25) is 0 Å². The summed E-state index contributed by atoms with van der Waals surface area (Å²) in [6, 6.07) is 16.7. The van der Waals surface area contributed by atoms with Gasteiger partial charge in [0, 0.05) is 24.3 Å². The van der Waals surface area contributed by atoms with E-state index >= 15 is 0 Å². The second-order valence-electron chi connectivity index (χ2n) is 8.56. The van der Waals surface area contributed by atoms with Crippen LogP contribution in [0.1, 0.15) is 42.3 Å². The summed E-state index contributed by atoms with van der Waals surface area (Å²) in [5.74, 6) is -0.00258. The molecule has 1 aromatic heterocycles. The van der Waals surface area contributed by atoms with Gasteiger partial charge in [0.15, 0.2) is 0 Å². The number of benzene rings is 2. The van der Waals surface area contributed by atoms with Gasteiger partial charge >= 0.3 is 0 Å². The fourth-order valence-electron chi connectivity index (χ4n) is 3.21. The van der Waals surface area contributed by atoms with Gasteiger partial charge in [-0.05, 0) is 64.1 Å². The smallest absolute Gasteiger partial charge is 0.264 e. The molecule has 166 valence electrons. The Labute approximate surface area is 189 Å². The third-order valence-electron chi connectivity index (χ3n) is 5.07. The van der Waals surface area contributed by atoms with Crippen molar-refractivity contribution < 1.29 is 13.2 Å². The molecule has 0 fully saturated rings. The fraction of sp³-hybridized carbons (Fsp3) is 0.250. The maximum Gasteiger partial charge on any atom is 0.264 e. The molecule has 1 heterocycles. The average molecular weight is 451 g/mol. The Bertz CT molecular complexity index is 1290. The van der Waals surface area contributed by atoms with Crippen molar-refractivity contribution >= 4 is 27.4 Å². The lowest BCUT2D eigenvalue weighted by Gasteiger charge is -2.24. The number of nitrogens with zero attached hydrogens (tertiary/aromatic N) is 3. The van der Waals surface area contributed by atoms with Gasteiger partial charge < -0.3 is 9.88 Å². The molecule has 0 spiro atoms. The zero-order valence-electron chi connectivity index (χ0n) is 18.7. The summed E-state index contributed by atoms with van der Waals surface area (Å²) < 4.78 is 29.3. The number of aromatic nitrogens is 1. The lowest BCUT2D eigenvalue weighted by molar-refractivity contribution is 0.102. The number of nitrogens with one attached hydrogen (secondary N) is 1. The average Bonchev–Trinajstić information content (AvgIpc) is 3.17. The monoisotopic (exact) mass is 450 g/mol. The van der Waals surface area contributed by atoms with E-state index in [1.54, 1.807) is 35.0 Å². The van der Waals surface area contributed by atoms with Gasteiger partial charge in [-0.25, -0.2) is 8.42 Å². The highest BCUT2D eigenvalue weighted by atomic mass is 32.2. The normalized spacial score (nSPS) is 11.6. The van der Waals surface area contributed by atoms with Crippen LogP contribution in [0, 0.1) is 18.3 Å². The number of hydrogen-bond acceptors (Lipinski definition) is 4. The lowest BCUT2D eigenvalue weighted by Crippen LogP contribution is -2.27. The van der Waals surface area contributed by atoms with E-state index < -0.39 is 15.9 Å². The van der Waals surface area contributed by atoms with Crippen LogP contribution in [0.2, 0.25) is 0 Å². The first-order valence-corrected chi connectivity index (χ1v) is 11.5. The predicted octanol–water partition coefficient (Wildman–Crippen LogP) is 4.50. The SMILES string of the molecule is Cc1ccc(N(C)S(=O)(=O)c2cccc(C(=O)Nc3cc(C#N)cn3C(C)(C)C)c2)cc1. The van der Waals surface area contributed by atoms with Gasteiger partial charge in [0.25, 0.3) is 15.9 Å². The standard InChI is InChI=1S/C24H26N4O3S/c1-17-9-11-20(12-10-17)27(5)32(30,31)21-8-6-7-19(14-21)23(29)26-22-13-18(15-25)16-28(22)24(2,3)4/h6-14,16H,1-5H3,(H,26,29). The van der Waals surface area contributed by atoms with Gasteiger partial charge in [-0.3, -0.25) is 9.10 Å². The molecule has 1 amide bonds. The van der Waals surface area contributed by atoms with E-state index in [9.17, 15) is 18.5 Å². The third kappa shape index (κ3) is 4.68. The Balaban J connectivity index is 1.91. The Morgan fingerprint density at radius 2 is 1.75 bits per heavy atom. The highest BCUT2D eigenvalue weighted by molar-refractivity contribution is 7.92. The maximum atomic E-state index is 13.1. The molecule has 7 nitrogen and oxygen atoms in total. The Kier molecular flexibility index (Phi) is 6.15. The highest BCUT2D eigenvalue weighted by Gasteiger charge is 2.24. The molecule has 0 atom stereocenters. The van der Waals surface area contributed by atoms with Crippen molar-refractivity contribution in [2.45, 2.75) is 38.1 Å². The molecule has 0 bridgehead atoms. The zero-order valence-corrected chi connectivity index (χ0v) is 19.6. The molecule has 1 N–H and O–H groups in total. The van der Waals surface area contributed by atoms with Crippen LogP contribution in [0.15, 0.2) is 65.7 Å². The second kappa shape index (κ2) is 8.52. The summed E-state index contributed by atoms with van der Waals surface area (Å²) in [6.45, 7) is 7.80. The molecule has 0 aliphatic rings. The van der Waals surface area contributed by atoms with Crippen LogP contribution in [0.25, 0.3) is 0 Å². The molecular formula is C24H26N4O3S. The lowest BCUT2D eigenvalue weighted by atomic mass is 10.1. The van der Waals surface area contributed by atoms with Crippen LogP contribution in [0.3, 0.4) is 0 Å². The number of sulfonamides is 1. The number of amides is 1. The molecule has 8 heteroatoms. The summed E-state index contributed by atoms with van der Waals surface area (Å²) in [6.07, 6.45) is 1.67. The highest BCUT2D eigenvalue weighted by Crippen LogP contribution is 2.26. The summed E-state index contributed by atoms with van der Waals surface area (Å²) >= 11 is 0. The van der Waals surface area contributed by atoms with Crippen LogP contribution in [-0.2, 0) is 15.6 Å². The van der Waals surface area contributed by atoms with Crippen LogP contribution in [0.5, 0.6) is 0 Å². The zero-order chi connectivity index (χ0) is 23.7. The Hall–Kier alpha value is -3.57. The molecule has 32 heavy (non-hydrogen) atoms. The van der Waals surface area contributed by atoms with Crippen LogP contribution >= 0.6 is 0 Å². The van der Waals surface area contributed by atoms with Crippen molar-refractivity contribution in [3.05, 3.63) is 77.5 Å². The number of aryl methyl sites for hydroxylation is 1. The van der Waals surface area contributed by atoms with E-state index in [1.165, 1.54) is 29.6 Å². The minimum atomic E-state index is -3.86. The molecule has 0 aliphatic carbocycles. The van der Waals surface area contributed by atoms with Crippen molar-refractivity contribution in [1.82, 2.24) is 4.57 Å². The van der Waals surface area contributed by atoms with Crippen molar-refractivity contribution in [2.75, 3.05) is 16.7 Å². The molecule has 0 saturated carbocycles. The minimum Gasteiger partial charge on any atom is -0.328 e. The number of hydrogen-bond donors (Lipinski definition) is 1. The van der Waals surface area contributed by atoms with E-state index in [1.807, 2.05) is 39.8 Å². The van der Waals surface area contributed by atoms with E-state index in [4.69, 9.17) is 0 Å². The Morgan fingerprint density at radius 3 is 2.34 bits per heavy atom. The molecular weight excluding hydrogens is 424 g/mol. The number of rotatable bonds is 5. The van der Waals surface area contributed by atoms with Crippen LogP contribution < -0.4 is 9.62 Å². The predicted molar refractivity (Wildman–Crippen MR) is 125 cm³/mol. The van der Waals surface area contributed by atoms with Crippen LogP contribution in [0.4, 0.5) is 11.5 Å². The molecule has 3 aromatic rings. The summed E-state index contributed by atoms with van der Waals surface area (Å²) in [5.41, 5.74) is 1.81. The second-order valence-corrected chi connectivity index (χ2v) is 10.5. The quantitative estimate of drug-likeness (QED) is 0.619. The molecule has 0 aliphatic heterocycles. The van der Waals surface area contributed by atoms with Gasteiger partial charge in [-0.1, -0.05) is 23.8 Å². The number of carbonyl (C=O) groups excluding carboxylic acids is 1. The van der Waals surface area contributed by atoms with E-state index in [-0.39, 0.29) is 16.0 Å². The molecule has 0 radical (unpaired) electrons. The Morgan fingerprint density at radius 1 is 1.09 bits per heavy atom. The van der Waals surface area contributed by atoms with Gasteiger partial charge in [0.05, 0.1) is 16.1 Å². The van der Waals surface area contributed by atoms with Gasteiger partial charge in [-0.2, -0.15) is 5.26 Å². The summed E-state index contributed by atoms with van der Waals surface area (Å²) in [4.78, 5) is 12.9. The number of carbonyl (C=O) groups is 1. The fourth-order valence-corrected chi connectivity index (χ4v) is 4.45.